The molecule has 0 atom stereocenters. The van der Waals surface area contributed by atoms with Gasteiger partial charge in [0.05, 0.1) is 6.20 Å². The normalized spacial score (nSPS) is 8.60. The Morgan fingerprint density at radius 1 is 1.25 bits per heavy atom. The number of hydrazine groups is 2. The smallest absolute Gasteiger partial charge is 0.371 e. The van der Waals surface area contributed by atoms with E-state index in [1.165, 1.54) is 0 Å². The number of ketones is 1. The van der Waals surface area contributed by atoms with Crippen molar-refractivity contribution in [1.82, 2.24) is 10.2 Å². The van der Waals surface area contributed by atoms with Crippen molar-refractivity contribution in [3.05, 3.63) is 30.5 Å². The van der Waals surface area contributed by atoms with Gasteiger partial charge in [0.15, 0.2) is 5.82 Å². The van der Waals surface area contributed by atoms with Crippen LogP contribution in [0.25, 0.3) is 10.8 Å². The minimum Gasteiger partial charge on any atom is -0.476 e. The second-order valence-electron chi connectivity index (χ2n) is 3.29. The Morgan fingerprint density at radius 3 is 2.30 bits per heavy atom. The Hall–Kier alpha value is -2.62. The van der Waals surface area contributed by atoms with E-state index in [1.54, 1.807) is 6.20 Å². The number of Topliss-reactive ketones (excluding diaryl/α,β-unsaturated/α-hetero) is 1. The molecule has 108 valence electrons. The van der Waals surface area contributed by atoms with Gasteiger partial charge >= 0.3 is 5.97 Å². The lowest BCUT2D eigenvalue weighted by molar-refractivity contribution is -0.148. The quantitative estimate of drug-likeness (QED) is 0.273. The summed E-state index contributed by atoms with van der Waals surface area (Å²) >= 11 is 0. The molecule has 2 rings (SSSR count). The van der Waals surface area contributed by atoms with Gasteiger partial charge in [-0.05, 0) is 0 Å². The van der Waals surface area contributed by atoms with Crippen LogP contribution in [0.5, 0.6) is 0 Å². The number of aromatic nitrogens is 2. The maximum Gasteiger partial charge on any atom is 0.371 e. The highest BCUT2D eigenvalue weighted by molar-refractivity contribution is 6.31. The molecule has 0 fully saturated rings. The first-order chi connectivity index (χ1) is 9.56. The first-order valence-corrected chi connectivity index (χ1v) is 5.30. The van der Waals surface area contributed by atoms with Crippen molar-refractivity contribution in [2.24, 2.45) is 17.5 Å². The zero-order chi connectivity index (χ0) is 15.5. The summed E-state index contributed by atoms with van der Waals surface area (Å²) in [6.45, 7) is 1.00. The number of anilines is 1. The molecule has 1 aromatic heterocycles. The molecule has 0 saturated carbocycles. The number of nitrogens with zero attached hydrogens (tertiary/aromatic N) is 2. The van der Waals surface area contributed by atoms with Gasteiger partial charge in [-0.1, -0.05) is 24.3 Å². The van der Waals surface area contributed by atoms with Gasteiger partial charge in [0.25, 0.3) is 0 Å². The average Bonchev–Trinajstić information content (AvgIpc) is 2.49. The highest BCUT2D eigenvalue weighted by Crippen LogP contribution is 2.17. The van der Waals surface area contributed by atoms with Gasteiger partial charge in [-0.3, -0.25) is 16.5 Å². The summed E-state index contributed by atoms with van der Waals surface area (Å²) in [6, 6.07) is 7.79. The summed E-state index contributed by atoms with van der Waals surface area (Å²) < 4.78 is 0. The van der Waals surface area contributed by atoms with Crippen molar-refractivity contribution in [2.75, 3.05) is 5.43 Å². The molecular weight excluding hydrogens is 264 g/mol. The first kappa shape index (κ1) is 17.4. The molecule has 0 spiro atoms. The number of aliphatic carboxylic acids is 1. The Labute approximate surface area is 114 Å². The summed E-state index contributed by atoms with van der Waals surface area (Å²) in [7, 11) is 0. The van der Waals surface area contributed by atoms with E-state index in [1.807, 2.05) is 24.3 Å². The summed E-state index contributed by atoms with van der Waals surface area (Å²) in [6.07, 6.45) is 1.70. The molecule has 0 aliphatic carbocycles. The largest absolute Gasteiger partial charge is 0.476 e. The number of carbonyl (C=O) groups is 2. The van der Waals surface area contributed by atoms with Crippen LogP contribution in [0.1, 0.15) is 6.92 Å². The molecule has 9 nitrogen and oxygen atoms in total. The molecule has 1 aromatic carbocycles. The molecule has 9 heteroatoms. The number of hydrogen-bond donors (Lipinski definition) is 5. The third-order valence-electron chi connectivity index (χ3n) is 2.01. The van der Waals surface area contributed by atoms with Crippen LogP contribution in [0.15, 0.2) is 30.5 Å². The van der Waals surface area contributed by atoms with Crippen molar-refractivity contribution >= 4 is 28.3 Å². The topological polar surface area (TPSA) is 170 Å². The van der Waals surface area contributed by atoms with E-state index in [9.17, 15) is 9.59 Å². The molecule has 0 radical (unpaired) electrons. The Balaban J connectivity index is 0.000000387. The Bertz CT molecular complexity index is 558. The number of rotatable bonds is 2. The number of nitrogen functional groups attached to an aromatic ring is 1. The first-order valence-electron chi connectivity index (χ1n) is 5.30. The second kappa shape index (κ2) is 9.33. The van der Waals surface area contributed by atoms with Crippen LogP contribution in [0.2, 0.25) is 0 Å². The van der Waals surface area contributed by atoms with E-state index in [-0.39, 0.29) is 0 Å². The van der Waals surface area contributed by atoms with Gasteiger partial charge in [0.2, 0.25) is 5.78 Å². The standard InChI is InChI=1S/C8H8N4.C3H4O3.H4N2/c9-11-8-7-4-2-1-3-6(7)5-10-12-8;1-2(4)3(5)6;1-2/h1-5H,9H2,(H,11,12);1H3,(H,5,6);1-2H2. The number of benzene rings is 1. The van der Waals surface area contributed by atoms with Crippen molar-refractivity contribution in [3.8, 4) is 0 Å². The van der Waals surface area contributed by atoms with Crippen molar-refractivity contribution in [3.63, 3.8) is 0 Å². The Kier molecular flexibility index (Phi) is 8.11. The number of fused-ring (bicyclic) bond motifs is 1. The molecular formula is C11H16N6O3. The van der Waals surface area contributed by atoms with E-state index in [4.69, 9.17) is 10.9 Å². The van der Waals surface area contributed by atoms with Crippen molar-refractivity contribution in [2.45, 2.75) is 6.92 Å². The molecule has 0 aliphatic heterocycles. The molecule has 8 N–H and O–H groups in total. The van der Waals surface area contributed by atoms with Crippen LogP contribution in [-0.2, 0) is 9.59 Å². The summed E-state index contributed by atoms with van der Waals surface area (Å²) in [4.78, 5) is 18.9. The number of carbonyl (C=O) groups excluding carboxylic acids is 1. The monoisotopic (exact) mass is 280 g/mol. The van der Waals surface area contributed by atoms with Crippen LogP contribution in [0.4, 0.5) is 5.82 Å². The highest BCUT2D eigenvalue weighted by Gasteiger charge is 1.99. The fraction of sp³-hybridized carbons (Fsp3) is 0.0909. The highest BCUT2D eigenvalue weighted by atomic mass is 16.4. The van der Waals surface area contributed by atoms with Crippen LogP contribution < -0.4 is 23.0 Å². The number of carboxylic acid groups (broad SMARTS) is 1. The zero-order valence-corrected chi connectivity index (χ0v) is 10.8. The third-order valence-corrected chi connectivity index (χ3v) is 2.01. The van der Waals surface area contributed by atoms with Gasteiger partial charge in [-0.2, -0.15) is 5.10 Å². The van der Waals surface area contributed by atoms with Crippen molar-refractivity contribution in [1.29, 1.82) is 0 Å². The van der Waals surface area contributed by atoms with E-state index in [0.717, 1.165) is 17.7 Å². The van der Waals surface area contributed by atoms with E-state index >= 15 is 0 Å². The number of carboxylic acids is 1. The fourth-order valence-corrected chi connectivity index (χ4v) is 1.13. The minimum absolute atomic E-state index is 0.605. The lowest BCUT2D eigenvalue weighted by atomic mass is 10.2. The van der Waals surface area contributed by atoms with Gasteiger partial charge in [0.1, 0.15) is 0 Å². The molecule has 0 unspecified atom stereocenters. The molecule has 20 heavy (non-hydrogen) atoms. The van der Waals surface area contributed by atoms with Crippen molar-refractivity contribution < 1.29 is 14.7 Å². The van der Waals surface area contributed by atoms with Gasteiger partial charge in [-0.15, -0.1) is 5.10 Å². The maximum absolute atomic E-state index is 9.54. The lowest BCUT2D eigenvalue weighted by Crippen LogP contribution is -2.09. The van der Waals surface area contributed by atoms with E-state index in [2.05, 4.69) is 27.3 Å². The molecule has 1 heterocycles. The number of nitrogens with one attached hydrogen (secondary N) is 1. The summed E-state index contributed by atoms with van der Waals surface area (Å²) in [5.41, 5.74) is 2.50. The average molecular weight is 280 g/mol. The van der Waals surface area contributed by atoms with E-state index < -0.39 is 11.8 Å². The van der Waals surface area contributed by atoms with Crippen LogP contribution in [0, 0.1) is 0 Å². The maximum atomic E-state index is 9.54. The fourth-order valence-electron chi connectivity index (χ4n) is 1.13. The summed E-state index contributed by atoms with van der Waals surface area (Å²) in [5, 5.41) is 17.3. The van der Waals surface area contributed by atoms with Gasteiger partial charge < -0.3 is 10.5 Å². The van der Waals surface area contributed by atoms with Gasteiger partial charge in [0, 0.05) is 17.7 Å². The summed E-state index contributed by atoms with van der Waals surface area (Å²) in [5.74, 6) is 11.7. The predicted molar refractivity (Wildman–Crippen MR) is 74.0 cm³/mol. The minimum atomic E-state index is -1.38. The number of hydrogen-bond acceptors (Lipinski definition) is 8. The zero-order valence-electron chi connectivity index (χ0n) is 10.8. The van der Waals surface area contributed by atoms with Gasteiger partial charge in [-0.25, -0.2) is 10.6 Å². The Morgan fingerprint density at radius 2 is 1.80 bits per heavy atom. The molecule has 0 bridgehead atoms. The molecule has 0 saturated heterocycles. The molecule has 0 aliphatic rings. The van der Waals surface area contributed by atoms with Crippen LogP contribution in [0.3, 0.4) is 0 Å². The van der Waals surface area contributed by atoms with E-state index in [0.29, 0.717) is 5.82 Å². The predicted octanol–water partition coefficient (Wildman–Crippen LogP) is -0.606. The molecule has 2 aromatic rings. The lowest BCUT2D eigenvalue weighted by Gasteiger charge is -2.01. The van der Waals surface area contributed by atoms with Crippen LogP contribution in [-0.4, -0.2) is 27.1 Å². The van der Waals surface area contributed by atoms with Crippen LogP contribution >= 0.6 is 0 Å². The SMILES string of the molecule is CC(=O)C(=O)O.NN.NNc1nncc2ccccc12. The third kappa shape index (κ3) is 5.35. The second-order valence-corrected chi connectivity index (χ2v) is 3.29. The number of nitrogens with two attached hydrogens (primary N) is 3. The molecule has 0 amide bonds.